The van der Waals surface area contributed by atoms with E-state index in [4.69, 9.17) is 9.47 Å². The third-order valence-electron chi connectivity index (χ3n) is 4.34. The van der Waals surface area contributed by atoms with Crippen molar-refractivity contribution in [2.45, 2.75) is 33.0 Å². The van der Waals surface area contributed by atoms with Crippen LogP contribution in [0.15, 0.2) is 78.9 Å². The molecule has 0 fully saturated rings. The van der Waals surface area contributed by atoms with Gasteiger partial charge in [-0.25, -0.2) is 0 Å². The van der Waals surface area contributed by atoms with Gasteiger partial charge in [-0.15, -0.1) is 0 Å². The first-order valence-electron chi connectivity index (χ1n) is 9.45. The summed E-state index contributed by atoms with van der Waals surface area (Å²) < 4.78 is 11.8. The largest absolute Gasteiger partial charge is 0.487 e. The first-order valence-corrected chi connectivity index (χ1v) is 9.45. The zero-order valence-electron chi connectivity index (χ0n) is 16.2. The predicted octanol–water partition coefficient (Wildman–Crippen LogP) is 5.37. The van der Waals surface area contributed by atoms with Gasteiger partial charge in [-0.3, -0.25) is 4.79 Å². The SMILES string of the molecule is CCC(Oc1ccc(C)cc1)C(=O)Nc1ccccc1OCc1ccccc1. The molecule has 3 rings (SSSR count). The smallest absolute Gasteiger partial charge is 0.265 e. The topological polar surface area (TPSA) is 47.6 Å². The van der Waals surface area contributed by atoms with Crippen molar-refractivity contribution >= 4 is 11.6 Å². The molecule has 0 heterocycles. The molecule has 4 nitrogen and oxygen atoms in total. The molecule has 0 saturated carbocycles. The number of aryl methyl sites for hydroxylation is 1. The van der Waals surface area contributed by atoms with Gasteiger partial charge in [0.15, 0.2) is 6.10 Å². The van der Waals surface area contributed by atoms with Crippen molar-refractivity contribution in [1.29, 1.82) is 0 Å². The maximum Gasteiger partial charge on any atom is 0.265 e. The fourth-order valence-corrected chi connectivity index (χ4v) is 2.75. The van der Waals surface area contributed by atoms with Gasteiger partial charge in [0.05, 0.1) is 5.69 Å². The Hall–Kier alpha value is -3.27. The highest BCUT2D eigenvalue weighted by Gasteiger charge is 2.20. The van der Waals surface area contributed by atoms with Gasteiger partial charge in [-0.05, 0) is 43.2 Å². The lowest BCUT2D eigenvalue weighted by Gasteiger charge is -2.19. The zero-order valence-corrected chi connectivity index (χ0v) is 16.2. The average Bonchev–Trinajstić information content (AvgIpc) is 2.73. The zero-order chi connectivity index (χ0) is 19.8. The summed E-state index contributed by atoms with van der Waals surface area (Å²) in [6.45, 7) is 4.38. The molecule has 3 aromatic rings. The first kappa shape index (κ1) is 19.5. The summed E-state index contributed by atoms with van der Waals surface area (Å²) in [6, 6.07) is 25.0. The Morgan fingerprint density at radius 3 is 2.32 bits per heavy atom. The minimum absolute atomic E-state index is 0.196. The van der Waals surface area contributed by atoms with Crippen LogP contribution in [-0.4, -0.2) is 12.0 Å². The van der Waals surface area contributed by atoms with Crippen LogP contribution in [-0.2, 0) is 11.4 Å². The van der Waals surface area contributed by atoms with Crippen LogP contribution in [0.4, 0.5) is 5.69 Å². The van der Waals surface area contributed by atoms with Crippen molar-refractivity contribution in [1.82, 2.24) is 0 Å². The van der Waals surface area contributed by atoms with Gasteiger partial charge in [-0.2, -0.15) is 0 Å². The van der Waals surface area contributed by atoms with Crippen molar-refractivity contribution in [2.75, 3.05) is 5.32 Å². The van der Waals surface area contributed by atoms with E-state index in [-0.39, 0.29) is 5.91 Å². The lowest BCUT2D eigenvalue weighted by molar-refractivity contribution is -0.122. The number of amides is 1. The van der Waals surface area contributed by atoms with E-state index in [1.54, 1.807) is 0 Å². The molecular weight excluding hydrogens is 350 g/mol. The molecule has 0 bridgehead atoms. The summed E-state index contributed by atoms with van der Waals surface area (Å²) in [5.74, 6) is 1.12. The highest BCUT2D eigenvalue weighted by molar-refractivity contribution is 5.95. The monoisotopic (exact) mass is 375 g/mol. The highest BCUT2D eigenvalue weighted by Crippen LogP contribution is 2.25. The number of para-hydroxylation sites is 2. The van der Waals surface area contributed by atoms with Gasteiger partial charge >= 0.3 is 0 Å². The maximum atomic E-state index is 12.7. The number of hydrogen-bond donors (Lipinski definition) is 1. The quantitative estimate of drug-likeness (QED) is 0.576. The number of ether oxygens (including phenoxy) is 2. The van der Waals surface area contributed by atoms with E-state index >= 15 is 0 Å². The fourth-order valence-electron chi connectivity index (χ4n) is 2.75. The predicted molar refractivity (Wildman–Crippen MR) is 112 cm³/mol. The molecule has 0 aliphatic rings. The van der Waals surface area contributed by atoms with Crippen LogP contribution in [0.5, 0.6) is 11.5 Å². The summed E-state index contributed by atoms with van der Waals surface area (Å²) in [7, 11) is 0. The molecule has 3 aromatic carbocycles. The Labute approximate surface area is 166 Å². The van der Waals surface area contributed by atoms with Gasteiger partial charge in [-0.1, -0.05) is 67.1 Å². The third kappa shape index (κ3) is 5.36. The lowest BCUT2D eigenvalue weighted by atomic mass is 10.2. The summed E-state index contributed by atoms with van der Waals surface area (Å²) in [6.07, 6.45) is -0.0166. The van der Waals surface area contributed by atoms with Crippen molar-refractivity contribution in [2.24, 2.45) is 0 Å². The van der Waals surface area contributed by atoms with Crippen molar-refractivity contribution in [3.63, 3.8) is 0 Å². The van der Waals surface area contributed by atoms with Crippen molar-refractivity contribution in [3.05, 3.63) is 90.0 Å². The number of nitrogens with one attached hydrogen (secondary N) is 1. The van der Waals surface area contributed by atoms with Crippen LogP contribution in [0.25, 0.3) is 0 Å². The molecule has 0 aliphatic carbocycles. The Morgan fingerprint density at radius 1 is 0.929 bits per heavy atom. The standard InChI is InChI=1S/C24H25NO3/c1-3-22(28-20-15-13-18(2)14-16-20)24(26)25-21-11-7-8-12-23(21)27-17-19-9-5-4-6-10-19/h4-16,22H,3,17H2,1-2H3,(H,25,26). The van der Waals surface area contributed by atoms with E-state index in [1.807, 2.05) is 92.7 Å². The van der Waals surface area contributed by atoms with Gasteiger partial charge in [0.25, 0.3) is 5.91 Å². The number of carbonyl (C=O) groups excluding carboxylic acids is 1. The molecule has 0 aliphatic heterocycles. The average molecular weight is 375 g/mol. The minimum Gasteiger partial charge on any atom is -0.487 e. The molecule has 0 radical (unpaired) electrons. The Balaban J connectivity index is 1.66. The van der Waals surface area contributed by atoms with Crippen molar-refractivity contribution in [3.8, 4) is 11.5 Å². The summed E-state index contributed by atoms with van der Waals surface area (Å²) in [4.78, 5) is 12.7. The second-order valence-corrected chi connectivity index (χ2v) is 6.59. The highest BCUT2D eigenvalue weighted by atomic mass is 16.5. The number of benzene rings is 3. The number of rotatable bonds is 8. The molecule has 0 saturated heterocycles. The van der Waals surface area contributed by atoms with Gasteiger partial charge < -0.3 is 14.8 Å². The molecule has 1 N–H and O–H groups in total. The van der Waals surface area contributed by atoms with Crippen LogP contribution < -0.4 is 14.8 Å². The van der Waals surface area contributed by atoms with Crippen LogP contribution in [0, 0.1) is 6.92 Å². The molecule has 1 unspecified atom stereocenters. The molecule has 4 heteroatoms. The molecular formula is C24H25NO3. The first-order chi connectivity index (χ1) is 13.7. The normalized spacial score (nSPS) is 11.5. The number of anilines is 1. The summed E-state index contributed by atoms with van der Waals surface area (Å²) in [5, 5.41) is 2.94. The summed E-state index contributed by atoms with van der Waals surface area (Å²) in [5.41, 5.74) is 2.85. The van der Waals surface area contributed by atoms with Crippen molar-refractivity contribution < 1.29 is 14.3 Å². The van der Waals surface area contributed by atoms with Crippen LogP contribution in [0.3, 0.4) is 0 Å². The van der Waals surface area contributed by atoms with E-state index in [1.165, 1.54) is 0 Å². The van der Waals surface area contributed by atoms with Crippen LogP contribution in [0.1, 0.15) is 24.5 Å². The summed E-state index contributed by atoms with van der Waals surface area (Å²) >= 11 is 0. The Morgan fingerprint density at radius 2 is 1.61 bits per heavy atom. The third-order valence-corrected chi connectivity index (χ3v) is 4.34. The molecule has 144 valence electrons. The molecule has 28 heavy (non-hydrogen) atoms. The Bertz CT molecular complexity index is 891. The van der Waals surface area contributed by atoms with E-state index in [2.05, 4.69) is 5.32 Å². The second kappa shape index (κ2) is 9.60. The van der Waals surface area contributed by atoms with Crippen LogP contribution in [0.2, 0.25) is 0 Å². The van der Waals surface area contributed by atoms with E-state index in [0.29, 0.717) is 30.2 Å². The van der Waals surface area contributed by atoms with E-state index < -0.39 is 6.10 Å². The number of carbonyl (C=O) groups is 1. The van der Waals surface area contributed by atoms with Crippen LogP contribution >= 0.6 is 0 Å². The molecule has 0 aromatic heterocycles. The van der Waals surface area contributed by atoms with Gasteiger partial charge in [0, 0.05) is 0 Å². The van der Waals surface area contributed by atoms with Gasteiger partial charge in [0.2, 0.25) is 0 Å². The minimum atomic E-state index is -0.579. The van der Waals surface area contributed by atoms with Gasteiger partial charge in [0.1, 0.15) is 18.1 Å². The fraction of sp³-hybridized carbons (Fsp3) is 0.208. The number of hydrogen-bond acceptors (Lipinski definition) is 3. The molecule has 0 spiro atoms. The Kier molecular flexibility index (Phi) is 6.68. The lowest BCUT2D eigenvalue weighted by Crippen LogP contribution is -2.32. The molecule has 1 amide bonds. The molecule has 1 atom stereocenters. The second-order valence-electron chi connectivity index (χ2n) is 6.59. The maximum absolute atomic E-state index is 12.7. The van der Waals surface area contributed by atoms with E-state index in [0.717, 1.165) is 11.1 Å². The van der Waals surface area contributed by atoms with E-state index in [9.17, 15) is 4.79 Å².